The van der Waals surface area contributed by atoms with Gasteiger partial charge in [-0.2, -0.15) is 18.2 Å². The van der Waals surface area contributed by atoms with Crippen molar-refractivity contribution in [2.24, 2.45) is 5.92 Å². The second-order valence-corrected chi connectivity index (χ2v) is 4.85. The molecule has 120 valence electrons. The third-order valence-electron chi connectivity index (χ3n) is 2.84. The molecule has 21 heavy (non-hydrogen) atoms. The van der Waals surface area contributed by atoms with Crippen LogP contribution in [-0.2, 0) is 6.18 Å². The van der Waals surface area contributed by atoms with Crippen molar-refractivity contribution in [1.82, 2.24) is 9.97 Å². The molecule has 1 heterocycles. The SMILES string of the molecule is CCNc1nc(NCCCC(C)CO)cc(C(F)(F)F)n1. The lowest BCUT2D eigenvalue weighted by atomic mass is 10.1. The Balaban J connectivity index is 2.70. The molecule has 0 aliphatic heterocycles. The molecule has 1 atom stereocenters. The van der Waals surface area contributed by atoms with Gasteiger partial charge in [0.2, 0.25) is 5.95 Å². The first-order valence-corrected chi connectivity index (χ1v) is 6.91. The van der Waals surface area contributed by atoms with Crippen LogP contribution < -0.4 is 10.6 Å². The fourth-order valence-electron chi connectivity index (χ4n) is 1.68. The molecule has 0 aliphatic rings. The van der Waals surface area contributed by atoms with E-state index in [1.807, 2.05) is 6.92 Å². The minimum absolute atomic E-state index is 0.0430. The van der Waals surface area contributed by atoms with Crippen LogP contribution in [0.2, 0.25) is 0 Å². The van der Waals surface area contributed by atoms with Crippen molar-refractivity contribution in [2.45, 2.75) is 32.9 Å². The zero-order valence-corrected chi connectivity index (χ0v) is 12.2. The van der Waals surface area contributed by atoms with Crippen molar-refractivity contribution < 1.29 is 18.3 Å². The normalized spacial score (nSPS) is 13.0. The molecule has 8 heteroatoms. The van der Waals surface area contributed by atoms with Crippen LogP contribution in [-0.4, -0.2) is 34.8 Å². The van der Waals surface area contributed by atoms with E-state index in [0.29, 0.717) is 13.1 Å². The van der Waals surface area contributed by atoms with Crippen LogP contribution in [0.3, 0.4) is 0 Å². The number of hydrogen-bond donors (Lipinski definition) is 3. The first-order chi connectivity index (χ1) is 9.86. The summed E-state index contributed by atoms with van der Waals surface area (Å²) in [6.45, 7) is 4.71. The first kappa shape index (κ1) is 17.5. The van der Waals surface area contributed by atoms with Gasteiger partial charge in [0.05, 0.1) is 0 Å². The predicted molar refractivity (Wildman–Crippen MR) is 75.2 cm³/mol. The van der Waals surface area contributed by atoms with E-state index in [1.54, 1.807) is 6.92 Å². The molecule has 5 nitrogen and oxygen atoms in total. The smallest absolute Gasteiger partial charge is 0.396 e. The Bertz CT molecular complexity index is 440. The van der Waals surface area contributed by atoms with Crippen LogP contribution in [0.1, 0.15) is 32.4 Å². The summed E-state index contributed by atoms with van der Waals surface area (Å²) in [6, 6.07) is 0.899. The summed E-state index contributed by atoms with van der Waals surface area (Å²) in [4.78, 5) is 7.43. The van der Waals surface area contributed by atoms with Gasteiger partial charge in [-0.05, 0) is 25.7 Å². The van der Waals surface area contributed by atoms with Gasteiger partial charge in [-0.25, -0.2) is 4.98 Å². The quantitative estimate of drug-likeness (QED) is 0.644. The van der Waals surface area contributed by atoms with Crippen molar-refractivity contribution in [3.05, 3.63) is 11.8 Å². The van der Waals surface area contributed by atoms with Crippen LogP contribution in [0.5, 0.6) is 0 Å². The van der Waals surface area contributed by atoms with E-state index < -0.39 is 11.9 Å². The number of aromatic nitrogens is 2. The molecule has 3 N–H and O–H groups in total. The first-order valence-electron chi connectivity index (χ1n) is 6.91. The monoisotopic (exact) mass is 306 g/mol. The number of nitrogens with zero attached hydrogens (tertiary/aromatic N) is 2. The number of aliphatic hydroxyl groups excluding tert-OH is 1. The Kier molecular flexibility index (Phi) is 6.67. The topological polar surface area (TPSA) is 70.1 Å². The van der Waals surface area contributed by atoms with Gasteiger partial charge < -0.3 is 15.7 Å². The maximum atomic E-state index is 12.8. The maximum absolute atomic E-state index is 12.8. The van der Waals surface area contributed by atoms with E-state index in [2.05, 4.69) is 20.6 Å². The Morgan fingerprint density at radius 2 is 2.00 bits per heavy atom. The van der Waals surface area contributed by atoms with Crippen molar-refractivity contribution in [3.63, 3.8) is 0 Å². The van der Waals surface area contributed by atoms with E-state index >= 15 is 0 Å². The molecular weight excluding hydrogens is 285 g/mol. The lowest BCUT2D eigenvalue weighted by Gasteiger charge is -2.13. The van der Waals surface area contributed by atoms with Gasteiger partial charge in [0.15, 0.2) is 5.69 Å². The van der Waals surface area contributed by atoms with Gasteiger partial charge >= 0.3 is 6.18 Å². The number of halogens is 3. The summed E-state index contributed by atoms with van der Waals surface area (Å²) >= 11 is 0. The van der Waals surface area contributed by atoms with Gasteiger partial charge in [-0.1, -0.05) is 6.92 Å². The van der Waals surface area contributed by atoms with Crippen molar-refractivity contribution in [1.29, 1.82) is 0 Å². The standard InChI is InChI=1S/C13H21F3N4O/c1-3-17-12-19-10(13(14,15)16)7-11(20-12)18-6-4-5-9(2)8-21/h7,9,21H,3-6,8H2,1-2H3,(H2,17,18,19,20). The van der Waals surface area contributed by atoms with Crippen LogP contribution in [0, 0.1) is 5.92 Å². The summed E-state index contributed by atoms with van der Waals surface area (Å²) in [7, 11) is 0. The molecule has 0 fully saturated rings. The molecule has 0 spiro atoms. The van der Waals surface area contributed by atoms with Gasteiger partial charge in [0.25, 0.3) is 0 Å². The molecule has 0 bridgehead atoms. The largest absolute Gasteiger partial charge is 0.433 e. The van der Waals surface area contributed by atoms with Gasteiger partial charge in [-0.15, -0.1) is 0 Å². The highest BCUT2D eigenvalue weighted by Crippen LogP contribution is 2.29. The van der Waals surface area contributed by atoms with Gasteiger partial charge in [0, 0.05) is 25.8 Å². The van der Waals surface area contributed by atoms with Gasteiger partial charge in [-0.3, -0.25) is 0 Å². The van der Waals surface area contributed by atoms with Crippen LogP contribution in [0.25, 0.3) is 0 Å². The second kappa shape index (κ2) is 8.02. The lowest BCUT2D eigenvalue weighted by Crippen LogP contribution is -2.14. The predicted octanol–water partition coefficient (Wildman–Crippen LogP) is 2.75. The molecule has 1 aromatic rings. The molecule has 0 radical (unpaired) electrons. The fourth-order valence-corrected chi connectivity index (χ4v) is 1.68. The average molecular weight is 306 g/mol. The highest BCUT2D eigenvalue weighted by molar-refractivity contribution is 5.43. The number of alkyl halides is 3. The molecule has 0 saturated carbocycles. The van der Waals surface area contributed by atoms with E-state index in [0.717, 1.165) is 18.9 Å². The van der Waals surface area contributed by atoms with E-state index in [-0.39, 0.29) is 24.3 Å². The number of anilines is 2. The van der Waals surface area contributed by atoms with Crippen molar-refractivity contribution in [2.75, 3.05) is 30.3 Å². The highest BCUT2D eigenvalue weighted by Gasteiger charge is 2.33. The molecule has 0 aliphatic carbocycles. The summed E-state index contributed by atoms with van der Waals surface area (Å²) in [5.41, 5.74) is -0.973. The summed E-state index contributed by atoms with van der Waals surface area (Å²) in [6.07, 6.45) is -2.97. The zero-order chi connectivity index (χ0) is 15.9. The Hall–Kier alpha value is -1.57. The molecule has 1 unspecified atom stereocenters. The van der Waals surface area contributed by atoms with Crippen molar-refractivity contribution >= 4 is 11.8 Å². The summed E-state index contributed by atoms with van der Waals surface area (Å²) in [5.74, 6) is 0.281. The molecule has 0 saturated heterocycles. The van der Waals surface area contributed by atoms with Crippen LogP contribution in [0.4, 0.5) is 24.9 Å². The number of rotatable bonds is 8. The summed E-state index contributed by atoms with van der Waals surface area (Å²) < 4.78 is 38.3. The number of hydrogen-bond acceptors (Lipinski definition) is 5. The van der Waals surface area contributed by atoms with Gasteiger partial charge in [0.1, 0.15) is 5.82 Å². The third kappa shape index (κ3) is 6.16. The lowest BCUT2D eigenvalue weighted by molar-refractivity contribution is -0.141. The molecule has 1 rings (SSSR count). The summed E-state index contributed by atoms with van der Waals surface area (Å²) in [5, 5.41) is 14.4. The fraction of sp³-hybridized carbons (Fsp3) is 0.692. The average Bonchev–Trinajstić information content (AvgIpc) is 2.42. The van der Waals surface area contributed by atoms with Crippen molar-refractivity contribution in [3.8, 4) is 0 Å². The van der Waals surface area contributed by atoms with Crippen LogP contribution in [0.15, 0.2) is 6.07 Å². The van der Waals surface area contributed by atoms with E-state index in [1.165, 1.54) is 0 Å². The van der Waals surface area contributed by atoms with E-state index in [4.69, 9.17) is 5.11 Å². The zero-order valence-electron chi connectivity index (χ0n) is 12.2. The Morgan fingerprint density at radius 3 is 2.57 bits per heavy atom. The molecular formula is C13H21F3N4O. The molecule has 0 amide bonds. The Morgan fingerprint density at radius 1 is 1.29 bits per heavy atom. The number of aliphatic hydroxyl groups is 1. The highest BCUT2D eigenvalue weighted by atomic mass is 19.4. The minimum atomic E-state index is -4.51. The Labute approximate surface area is 122 Å². The van der Waals surface area contributed by atoms with E-state index in [9.17, 15) is 13.2 Å². The second-order valence-electron chi connectivity index (χ2n) is 4.85. The number of nitrogens with one attached hydrogen (secondary N) is 2. The minimum Gasteiger partial charge on any atom is -0.396 e. The maximum Gasteiger partial charge on any atom is 0.433 e. The third-order valence-corrected chi connectivity index (χ3v) is 2.84. The molecule has 0 aromatic carbocycles. The van der Waals surface area contributed by atoms with Crippen LogP contribution >= 0.6 is 0 Å². The molecule has 1 aromatic heterocycles.